The zero-order valence-electron chi connectivity index (χ0n) is 6.13. The molecule has 1 fully saturated rings. The first-order valence-electron chi connectivity index (χ1n) is 3.84. The maximum absolute atomic E-state index is 4.35. The second-order valence-corrected chi connectivity index (χ2v) is 3.71. The molecule has 1 aliphatic carbocycles. The van der Waals surface area contributed by atoms with Gasteiger partial charge in [-0.15, -0.1) is 0 Å². The average molecular weight is 213 g/mol. The predicted molar refractivity (Wildman–Crippen MR) is 46.3 cm³/mol. The Morgan fingerprint density at radius 3 is 2.73 bits per heavy atom. The van der Waals surface area contributed by atoms with E-state index in [-0.39, 0.29) is 0 Å². The van der Waals surface area contributed by atoms with Crippen LogP contribution >= 0.6 is 15.9 Å². The average Bonchev–Trinajstić information content (AvgIpc) is 1.83. The molecule has 0 aliphatic heterocycles. The van der Waals surface area contributed by atoms with Crippen LogP contribution in [-0.2, 0) is 0 Å². The molecule has 0 spiro atoms. The summed E-state index contributed by atoms with van der Waals surface area (Å²) in [5.41, 5.74) is 1.14. The lowest BCUT2D eigenvalue weighted by Crippen LogP contribution is -2.10. The second kappa shape index (κ2) is 2.89. The van der Waals surface area contributed by atoms with Gasteiger partial charge in [-0.25, -0.2) is 4.98 Å². The van der Waals surface area contributed by atoms with Crippen LogP contribution in [0.1, 0.15) is 30.9 Å². The van der Waals surface area contributed by atoms with Crippen molar-refractivity contribution in [2.45, 2.75) is 25.2 Å². The topological polar surface area (TPSA) is 25.8 Å². The standard InChI is InChI=1S/C8H9BrN2/c9-8-5-10-4-7(11-8)6-2-1-3-6/h4-6H,1-3H2. The van der Waals surface area contributed by atoms with Crippen molar-refractivity contribution in [1.82, 2.24) is 9.97 Å². The molecule has 0 aromatic carbocycles. The molecule has 11 heavy (non-hydrogen) atoms. The summed E-state index contributed by atoms with van der Waals surface area (Å²) in [6, 6.07) is 0. The SMILES string of the molecule is Brc1cncc(C2CCC2)n1. The fourth-order valence-corrected chi connectivity index (χ4v) is 1.58. The van der Waals surface area contributed by atoms with Gasteiger partial charge < -0.3 is 0 Å². The summed E-state index contributed by atoms with van der Waals surface area (Å²) in [7, 11) is 0. The highest BCUT2D eigenvalue weighted by atomic mass is 79.9. The minimum atomic E-state index is 0.681. The van der Waals surface area contributed by atoms with Crippen LogP contribution in [0.5, 0.6) is 0 Å². The third-order valence-corrected chi connectivity index (χ3v) is 2.53. The van der Waals surface area contributed by atoms with Crippen LogP contribution in [-0.4, -0.2) is 9.97 Å². The van der Waals surface area contributed by atoms with Gasteiger partial charge in [0, 0.05) is 12.1 Å². The summed E-state index contributed by atoms with van der Waals surface area (Å²) in [6.07, 6.45) is 7.51. The Morgan fingerprint density at radius 2 is 2.18 bits per heavy atom. The summed E-state index contributed by atoms with van der Waals surface area (Å²) in [5.74, 6) is 0.681. The largest absolute Gasteiger partial charge is 0.260 e. The van der Waals surface area contributed by atoms with Gasteiger partial charge in [0.05, 0.1) is 11.9 Å². The van der Waals surface area contributed by atoms with Crippen molar-refractivity contribution in [3.63, 3.8) is 0 Å². The molecule has 1 saturated carbocycles. The van der Waals surface area contributed by atoms with Crippen molar-refractivity contribution < 1.29 is 0 Å². The maximum atomic E-state index is 4.35. The number of nitrogens with zero attached hydrogens (tertiary/aromatic N) is 2. The first-order valence-corrected chi connectivity index (χ1v) is 4.63. The van der Waals surface area contributed by atoms with E-state index in [9.17, 15) is 0 Å². The molecule has 0 N–H and O–H groups in total. The summed E-state index contributed by atoms with van der Waals surface area (Å²) in [4.78, 5) is 8.43. The lowest BCUT2D eigenvalue weighted by Gasteiger charge is -2.24. The highest BCUT2D eigenvalue weighted by Crippen LogP contribution is 2.34. The van der Waals surface area contributed by atoms with E-state index in [2.05, 4.69) is 25.9 Å². The molecule has 0 radical (unpaired) electrons. The Hall–Kier alpha value is -0.440. The third-order valence-electron chi connectivity index (χ3n) is 2.15. The quantitative estimate of drug-likeness (QED) is 0.716. The molecule has 0 saturated heterocycles. The molecular formula is C8H9BrN2. The molecule has 1 aliphatic rings. The van der Waals surface area contributed by atoms with Gasteiger partial charge in [-0.05, 0) is 28.8 Å². The van der Waals surface area contributed by atoms with E-state index in [0.29, 0.717) is 5.92 Å². The molecule has 1 aromatic rings. The zero-order valence-corrected chi connectivity index (χ0v) is 7.71. The van der Waals surface area contributed by atoms with Crippen molar-refractivity contribution in [3.05, 3.63) is 22.7 Å². The molecule has 0 amide bonds. The number of aromatic nitrogens is 2. The van der Waals surface area contributed by atoms with Gasteiger partial charge in [-0.3, -0.25) is 4.98 Å². The smallest absolute Gasteiger partial charge is 0.124 e. The summed E-state index contributed by atoms with van der Waals surface area (Å²) >= 11 is 3.31. The zero-order chi connectivity index (χ0) is 7.68. The van der Waals surface area contributed by atoms with Crippen molar-refractivity contribution in [3.8, 4) is 0 Å². The van der Waals surface area contributed by atoms with Gasteiger partial charge in [0.2, 0.25) is 0 Å². The summed E-state index contributed by atoms with van der Waals surface area (Å²) in [5, 5.41) is 0. The van der Waals surface area contributed by atoms with Gasteiger partial charge >= 0.3 is 0 Å². The van der Waals surface area contributed by atoms with Crippen LogP contribution < -0.4 is 0 Å². The summed E-state index contributed by atoms with van der Waals surface area (Å²) in [6.45, 7) is 0. The molecular weight excluding hydrogens is 204 g/mol. The normalized spacial score (nSPS) is 17.9. The fraction of sp³-hybridized carbons (Fsp3) is 0.500. The van der Waals surface area contributed by atoms with Crippen molar-refractivity contribution in [1.29, 1.82) is 0 Å². The molecule has 2 nitrogen and oxygen atoms in total. The Labute approximate surface area is 74.2 Å². The highest BCUT2D eigenvalue weighted by molar-refractivity contribution is 9.10. The molecule has 0 unspecified atom stereocenters. The minimum absolute atomic E-state index is 0.681. The Kier molecular flexibility index (Phi) is 1.90. The van der Waals surface area contributed by atoms with Gasteiger partial charge in [0.1, 0.15) is 4.60 Å². The van der Waals surface area contributed by atoms with Gasteiger partial charge in [-0.1, -0.05) is 6.42 Å². The molecule has 0 atom stereocenters. The fourth-order valence-electron chi connectivity index (χ4n) is 1.26. The van der Waals surface area contributed by atoms with Gasteiger partial charge in [-0.2, -0.15) is 0 Å². The maximum Gasteiger partial charge on any atom is 0.124 e. The van der Waals surface area contributed by atoms with Crippen LogP contribution in [0, 0.1) is 0 Å². The van der Waals surface area contributed by atoms with Crippen LogP contribution in [0.3, 0.4) is 0 Å². The van der Waals surface area contributed by atoms with Crippen LogP contribution in [0.15, 0.2) is 17.0 Å². The Morgan fingerprint density at radius 1 is 1.36 bits per heavy atom. The van der Waals surface area contributed by atoms with Gasteiger partial charge in [0.15, 0.2) is 0 Å². The summed E-state index contributed by atoms with van der Waals surface area (Å²) < 4.78 is 0.849. The highest BCUT2D eigenvalue weighted by Gasteiger charge is 2.20. The van der Waals surface area contributed by atoms with E-state index in [1.165, 1.54) is 19.3 Å². The van der Waals surface area contributed by atoms with E-state index < -0.39 is 0 Å². The lowest BCUT2D eigenvalue weighted by atomic mass is 9.83. The van der Waals surface area contributed by atoms with Crippen LogP contribution in [0.2, 0.25) is 0 Å². The number of halogens is 1. The number of rotatable bonds is 1. The monoisotopic (exact) mass is 212 g/mol. The Balaban J connectivity index is 2.23. The van der Waals surface area contributed by atoms with E-state index >= 15 is 0 Å². The minimum Gasteiger partial charge on any atom is -0.260 e. The first kappa shape index (κ1) is 7.22. The van der Waals surface area contributed by atoms with Crippen molar-refractivity contribution in [2.75, 3.05) is 0 Å². The van der Waals surface area contributed by atoms with E-state index in [4.69, 9.17) is 0 Å². The third kappa shape index (κ3) is 1.43. The molecule has 2 rings (SSSR count). The first-order chi connectivity index (χ1) is 5.36. The molecule has 58 valence electrons. The lowest BCUT2D eigenvalue weighted by molar-refractivity contribution is 0.409. The van der Waals surface area contributed by atoms with Crippen LogP contribution in [0.25, 0.3) is 0 Å². The second-order valence-electron chi connectivity index (χ2n) is 2.89. The number of hydrogen-bond acceptors (Lipinski definition) is 2. The Bertz CT molecular complexity index is 258. The molecule has 1 heterocycles. The molecule has 0 bridgehead atoms. The predicted octanol–water partition coefficient (Wildman–Crippen LogP) is 2.51. The van der Waals surface area contributed by atoms with E-state index in [0.717, 1.165) is 10.3 Å². The number of hydrogen-bond donors (Lipinski definition) is 0. The van der Waals surface area contributed by atoms with Crippen LogP contribution in [0.4, 0.5) is 0 Å². The van der Waals surface area contributed by atoms with E-state index in [1.807, 2.05) is 6.20 Å². The van der Waals surface area contributed by atoms with Crippen molar-refractivity contribution >= 4 is 15.9 Å². The van der Waals surface area contributed by atoms with E-state index in [1.54, 1.807) is 6.20 Å². The molecule has 3 heteroatoms. The van der Waals surface area contributed by atoms with Crippen molar-refractivity contribution in [2.24, 2.45) is 0 Å². The molecule has 1 aromatic heterocycles. The van der Waals surface area contributed by atoms with Gasteiger partial charge in [0.25, 0.3) is 0 Å².